The first kappa shape index (κ1) is 20.4. The second-order valence-electron chi connectivity index (χ2n) is 6.88. The molecule has 0 radical (unpaired) electrons. The topological polar surface area (TPSA) is 54.5 Å². The molecule has 0 atom stereocenters. The summed E-state index contributed by atoms with van der Waals surface area (Å²) in [6.45, 7) is 5.33. The normalized spacial score (nSPS) is 10.4. The molecular formula is C24H27N3O2. The highest BCUT2D eigenvalue weighted by Gasteiger charge is 2.17. The zero-order chi connectivity index (χ0) is 20.6. The summed E-state index contributed by atoms with van der Waals surface area (Å²) in [7, 11) is 1.67. The average Bonchev–Trinajstić information content (AvgIpc) is 2.75. The summed E-state index contributed by atoms with van der Waals surface area (Å²) in [6.07, 6.45) is 4.21. The van der Waals surface area contributed by atoms with E-state index in [1.165, 1.54) is 5.56 Å². The largest absolute Gasteiger partial charge is 0.497 e. The number of hydrogen-bond acceptors (Lipinski definition) is 4. The number of amides is 1. The Morgan fingerprint density at radius 2 is 1.93 bits per heavy atom. The lowest BCUT2D eigenvalue weighted by Gasteiger charge is -2.21. The van der Waals surface area contributed by atoms with Crippen LogP contribution < -0.4 is 15.0 Å². The summed E-state index contributed by atoms with van der Waals surface area (Å²) in [4.78, 5) is 19.1. The molecule has 0 saturated carbocycles. The van der Waals surface area contributed by atoms with Gasteiger partial charge in [0.25, 0.3) is 5.91 Å². The van der Waals surface area contributed by atoms with Crippen LogP contribution in [0.2, 0.25) is 0 Å². The number of nitrogens with zero attached hydrogens (tertiary/aromatic N) is 2. The van der Waals surface area contributed by atoms with Crippen molar-refractivity contribution in [3.8, 4) is 5.75 Å². The van der Waals surface area contributed by atoms with Crippen LogP contribution in [0.3, 0.4) is 0 Å². The number of carbonyl (C=O) groups is 1. The minimum absolute atomic E-state index is 0.0537. The maximum Gasteiger partial charge on any atom is 0.259 e. The van der Waals surface area contributed by atoms with E-state index in [0.29, 0.717) is 12.1 Å². The summed E-state index contributed by atoms with van der Waals surface area (Å²) in [5, 5.41) is 3.36. The summed E-state index contributed by atoms with van der Waals surface area (Å²) in [6, 6.07) is 17.8. The number of anilines is 2. The van der Waals surface area contributed by atoms with Crippen LogP contribution in [0.25, 0.3) is 0 Å². The lowest BCUT2D eigenvalue weighted by atomic mass is 10.1. The molecule has 1 amide bonds. The van der Waals surface area contributed by atoms with Gasteiger partial charge in [-0.1, -0.05) is 24.3 Å². The highest BCUT2D eigenvalue weighted by molar-refractivity contribution is 6.06. The summed E-state index contributed by atoms with van der Waals surface area (Å²) >= 11 is 0. The summed E-state index contributed by atoms with van der Waals surface area (Å²) in [5.41, 5.74) is 4.61. The molecule has 0 aliphatic carbocycles. The van der Waals surface area contributed by atoms with E-state index in [-0.39, 0.29) is 5.91 Å². The first-order valence-electron chi connectivity index (χ1n) is 9.81. The minimum Gasteiger partial charge on any atom is -0.497 e. The Labute approximate surface area is 172 Å². The molecular weight excluding hydrogens is 362 g/mol. The van der Waals surface area contributed by atoms with Gasteiger partial charge in [-0.3, -0.25) is 9.78 Å². The number of aromatic nitrogens is 1. The van der Waals surface area contributed by atoms with Crippen molar-refractivity contribution in [2.75, 3.05) is 30.4 Å². The molecule has 0 fully saturated rings. The molecule has 0 aliphatic heterocycles. The van der Waals surface area contributed by atoms with Crippen LogP contribution in [0.4, 0.5) is 11.4 Å². The molecule has 0 saturated heterocycles. The fourth-order valence-corrected chi connectivity index (χ4v) is 3.23. The molecule has 5 nitrogen and oxygen atoms in total. The molecule has 1 N–H and O–H groups in total. The smallest absolute Gasteiger partial charge is 0.259 e. The summed E-state index contributed by atoms with van der Waals surface area (Å²) in [5.74, 6) is 0.801. The maximum atomic E-state index is 13.0. The molecule has 3 rings (SSSR count). The van der Waals surface area contributed by atoms with Gasteiger partial charge in [-0.05, 0) is 61.7 Å². The minimum atomic E-state index is -0.0537. The third kappa shape index (κ3) is 5.35. The summed E-state index contributed by atoms with van der Waals surface area (Å²) < 4.78 is 5.27. The predicted molar refractivity (Wildman–Crippen MR) is 118 cm³/mol. The highest BCUT2D eigenvalue weighted by Crippen LogP contribution is 2.20. The third-order valence-electron chi connectivity index (χ3n) is 4.74. The van der Waals surface area contributed by atoms with Crippen molar-refractivity contribution in [3.05, 3.63) is 83.7 Å². The number of carbonyl (C=O) groups excluding carboxylic acids is 1. The molecule has 0 spiro atoms. The first-order chi connectivity index (χ1) is 14.1. The molecule has 1 aromatic heterocycles. The Hall–Kier alpha value is -3.34. The molecule has 1 heterocycles. The number of nitrogens with one attached hydrogen (secondary N) is 1. The molecule has 150 valence electrons. The van der Waals surface area contributed by atoms with Crippen LogP contribution >= 0.6 is 0 Å². The number of rotatable bonds is 8. The monoisotopic (exact) mass is 389 g/mol. The number of aryl methyl sites for hydroxylation is 1. The molecule has 5 heteroatoms. The number of hydrogen-bond donors (Lipinski definition) is 1. The van der Waals surface area contributed by atoms with Crippen molar-refractivity contribution in [2.45, 2.75) is 20.3 Å². The molecule has 0 unspecified atom stereocenters. The fraction of sp³-hybridized carbons (Fsp3) is 0.250. The van der Waals surface area contributed by atoms with Crippen molar-refractivity contribution in [3.63, 3.8) is 0 Å². The second-order valence-corrected chi connectivity index (χ2v) is 6.88. The van der Waals surface area contributed by atoms with E-state index >= 15 is 0 Å². The Kier molecular flexibility index (Phi) is 6.85. The Bertz CT molecular complexity index is 972. The van der Waals surface area contributed by atoms with Crippen molar-refractivity contribution in [1.29, 1.82) is 0 Å². The fourth-order valence-electron chi connectivity index (χ4n) is 3.23. The van der Waals surface area contributed by atoms with Crippen LogP contribution in [0.5, 0.6) is 5.75 Å². The van der Waals surface area contributed by atoms with Crippen LogP contribution in [-0.2, 0) is 6.42 Å². The van der Waals surface area contributed by atoms with Gasteiger partial charge in [0.15, 0.2) is 0 Å². The van der Waals surface area contributed by atoms with E-state index in [9.17, 15) is 4.79 Å². The molecule has 0 bridgehead atoms. The van der Waals surface area contributed by atoms with E-state index in [1.807, 2.05) is 62.4 Å². The Balaban J connectivity index is 1.67. The number of methoxy groups -OCH3 is 1. The van der Waals surface area contributed by atoms with E-state index in [4.69, 9.17) is 4.74 Å². The zero-order valence-corrected chi connectivity index (χ0v) is 17.2. The van der Waals surface area contributed by atoms with Gasteiger partial charge < -0.3 is 15.0 Å². The third-order valence-corrected chi connectivity index (χ3v) is 4.74. The van der Waals surface area contributed by atoms with Gasteiger partial charge in [0, 0.05) is 31.2 Å². The van der Waals surface area contributed by atoms with E-state index < -0.39 is 0 Å². The van der Waals surface area contributed by atoms with Crippen LogP contribution in [0, 0.1) is 6.92 Å². The van der Waals surface area contributed by atoms with Crippen molar-refractivity contribution < 1.29 is 9.53 Å². The van der Waals surface area contributed by atoms with Gasteiger partial charge in [0.05, 0.1) is 18.4 Å². The zero-order valence-electron chi connectivity index (χ0n) is 17.2. The molecule has 2 aromatic carbocycles. The van der Waals surface area contributed by atoms with Gasteiger partial charge >= 0.3 is 0 Å². The van der Waals surface area contributed by atoms with Crippen molar-refractivity contribution in [1.82, 2.24) is 4.98 Å². The van der Waals surface area contributed by atoms with E-state index in [0.717, 1.165) is 35.7 Å². The molecule has 3 aromatic rings. The SMILES string of the molecule is CCN(C(=O)c1cncc(NCCc2cccc(OC)c2)c1)c1cccc(C)c1. The number of ether oxygens (including phenoxy) is 1. The van der Waals surface area contributed by atoms with Crippen LogP contribution in [0.15, 0.2) is 67.0 Å². The quantitative estimate of drug-likeness (QED) is 0.606. The molecule has 0 aliphatic rings. The molecule has 29 heavy (non-hydrogen) atoms. The Morgan fingerprint density at radius 1 is 1.10 bits per heavy atom. The lowest BCUT2D eigenvalue weighted by molar-refractivity contribution is 0.0988. The standard InChI is InChI=1S/C24H27N3O2/c1-4-27(22-9-5-7-18(2)13-22)24(28)20-15-21(17-25-16-20)26-12-11-19-8-6-10-23(14-19)29-3/h5-10,13-17,26H,4,11-12H2,1-3H3. The van der Waals surface area contributed by atoms with Gasteiger partial charge in [-0.2, -0.15) is 0 Å². The van der Waals surface area contributed by atoms with Crippen LogP contribution in [0.1, 0.15) is 28.4 Å². The average molecular weight is 389 g/mol. The highest BCUT2D eigenvalue weighted by atomic mass is 16.5. The van der Waals surface area contributed by atoms with Gasteiger partial charge in [0.2, 0.25) is 0 Å². The maximum absolute atomic E-state index is 13.0. The number of benzene rings is 2. The van der Waals surface area contributed by atoms with Gasteiger partial charge in [-0.15, -0.1) is 0 Å². The van der Waals surface area contributed by atoms with Crippen molar-refractivity contribution in [2.24, 2.45) is 0 Å². The first-order valence-corrected chi connectivity index (χ1v) is 9.81. The second kappa shape index (κ2) is 9.73. The predicted octanol–water partition coefficient (Wildman–Crippen LogP) is 4.72. The lowest BCUT2D eigenvalue weighted by Crippen LogP contribution is -2.30. The number of pyridine rings is 1. The van der Waals surface area contributed by atoms with E-state index in [1.54, 1.807) is 24.4 Å². The van der Waals surface area contributed by atoms with Gasteiger partial charge in [0.1, 0.15) is 5.75 Å². The van der Waals surface area contributed by atoms with E-state index in [2.05, 4.69) is 16.4 Å². The van der Waals surface area contributed by atoms with Gasteiger partial charge in [-0.25, -0.2) is 0 Å². The van der Waals surface area contributed by atoms with Crippen LogP contribution in [-0.4, -0.2) is 31.1 Å². The Morgan fingerprint density at radius 3 is 2.69 bits per heavy atom. The van der Waals surface area contributed by atoms with Crippen molar-refractivity contribution >= 4 is 17.3 Å².